The minimum Gasteiger partial charge on any atom is -0.378 e. The van der Waals surface area contributed by atoms with E-state index < -0.39 is 0 Å². The summed E-state index contributed by atoms with van der Waals surface area (Å²) in [6.07, 6.45) is 0. The summed E-state index contributed by atoms with van der Waals surface area (Å²) in [7, 11) is 4.07. The molecule has 0 saturated carbocycles. The van der Waals surface area contributed by atoms with Gasteiger partial charge < -0.3 is 9.62 Å². The van der Waals surface area contributed by atoms with Crippen molar-refractivity contribution in [1.82, 2.24) is 0 Å². The molecule has 3 nitrogen and oxygen atoms in total. The highest BCUT2D eigenvalue weighted by Crippen LogP contribution is 2.27. The molecule has 3 aromatic carbocycles. The van der Waals surface area contributed by atoms with E-state index in [2.05, 4.69) is 58.2 Å². The summed E-state index contributed by atoms with van der Waals surface area (Å²) in [6.45, 7) is 0. The first-order valence-electron chi connectivity index (χ1n) is 7.96. The molecule has 124 valence electrons. The van der Waals surface area contributed by atoms with Crippen LogP contribution in [-0.4, -0.2) is 14.1 Å². The molecular formula is C21H19N3S. The Hall–Kier alpha value is -2.90. The van der Waals surface area contributed by atoms with E-state index in [1.165, 1.54) is 5.69 Å². The second kappa shape index (κ2) is 7.78. The van der Waals surface area contributed by atoms with Gasteiger partial charge in [-0.1, -0.05) is 24.3 Å². The van der Waals surface area contributed by atoms with Crippen LogP contribution in [0.15, 0.2) is 77.7 Å². The highest BCUT2D eigenvalue weighted by molar-refractivity contribution is 8.00. The smallest absolute Gasteiger partial charge is 0.0991 e. The van der Waals surface area contributed by atoms with Gasteiger partial charge in [0.2, 0.25) is 0 Å². The number of rotatable bonds is 5. The molecule has 0 saturated heterocycles. The molecule has 0 aliphatic heterocycles. The zero-order chi connectivity index (χ0) is 17.6. The fourth-order valence-corrected chi connectivity index (χ4v) is 3.13. The van der Waals surface area contributed by atoms with Crippen molar-refractivity contribution in [2.24, 2.45) is 0 Å². The monoisotopic (exact) mass is 345 g/mol. The number of nitriles is 1. The van der Waals surface area contributed by atoms with E-state index >= 15 is 0 Å². The van der Waals surface area contributed by atoms with Crippen LogP contribution in [0.2, 0.25) is 0 Å². The summed E-state index contributed by atoms with van der Waals surface area (Å²) in [5, 5.41) is 8.90. The van der Waals surface area contributed by atoms with Gasteiger partial charge in [-0.15, -0.1) is 0 Å². The molecule has 25 heavy (non-hydrogen) atoms. The van der Waals surface area contributed by atoms with Gasteiger partial charge in [0.1, 0.15) is 0 Å². The van der Waals surface area contributed by atoms with Gasteiger partial charge in [0, 0.05) is 30.4 Å². The van der Waals surface area contributed by atoms with Crippen molar-refractivity contribution in [3.8, 4) is 17.2 Å². The Balaban J connectivity index is 1.70. The molecule has 0 bridgehead atoms. The maximum Gasteiger partial charge on any atom is 0.0991 e. The van der Waals surface area contributed by atoms with Crippen LogP contribution < -0.4 is 9.62 Å². The molecule has 1 N–H and O–H groups in total. The Morgan fingerprint density at radius 2 is 1.60 bits per heavy atom. The first-order valence-corrected chi connectivity index (χ1v) is 8.78. The lowest BCUT2D eigenvalue weighted by Crippen LogP contribution is -2.07. The number of nitrogens with zero attached hydrogens (tertiary/aromatic N) is 2. The Kier molecular flexibility index (Phi) is 5.27. The normalized spacial score (nSPS) is 10.1. The van der Waals surface area contributed by atoms with Crippen LogP contribution in [-0.2, 0) is 0 Å². The summed E-state index contributed by atoms with van der Waals surface area (Å²) in [4.78, 5) is 3.22. The van der Waals surface area contributed by atoms with Gasteiger partial charge in [-0.05, 0) is 71.6 Å². The molecule has 0 spiro atoms. The van der Waals surface area contributed by atoms with Crippen molar-refractivity contribution in [2.45, 2.75) is 4.90 Å². The highest BCUT2D eigenvalue weighted by atomic mass is 32.2. The van der Waals surface area contributed by atoms with Crippen LogP contribution >= 0.6 is 11.9 Å². The molecule has 0 heterocycles. The van der Waals surface area contributed by atoms with Gasteiger partial charge >= 0.3 is 0 Å². The van der Waals surface area contributed by atoms with Crippen LogP contribution in [0.1, 0.15) is 5.56 Å². The summed E-state index contributed by atoms with van der Waals surface area (Å²) in [5.74, 6) is 0. The topological polar surface area (TPSA) is 39.1 Å². The first kappa shape index (κ1) is 16.9. The Morgan fingerprint density at radius 3 is 2.24 bits per heavy atom. The van der Waals surface area contributed by atoms with Crippen LogP contribution in [0.4, 0.5) is 11.4 Å². The Labute approximate surface area is 153 Å². The molecule has 0 atom stereocenters. The van der Waals surface area contributed by atoms with E-state index in [-0.39, 0.29) is 0 Å². The third-order valence-corrected chi connectivity index (χ3v) is 4.68. The SMILES string of the molecule is CN(C)c1ccc(NSc2cccc(-c3ccc(C#N)cc3)c2)cc1. The van der Waals surface area contributed by atoms with Gasteiger partial charge in [0.25, 0.3) is 0 Å². The third-order valence-electron chi connectivity index (χ3n) is 3.85. The lowest BCUT2D eigenvalue weighted by Gasteiger charge is -2.13. The average Bonchev–Trinajstić information content (AvgIpc) is 2.67. The largest absolute Gasteiger partial charge is 0.378 e. The fourth-order valence-electron chi connectivity index (χ4n) is 2.42. The van der Waals surface area contributed by atoms with Gasteiger partial charge in [0.05, 0.1) is 11.6 Å². The molecule has 3 aromatic rings. The van der Waals surface area contributed by atoms with E-state index in [4.69, 9.17) is 5.26 Å². The van der Waals surface area contributed by atoms with E-state index in [1.54, 1.807) is 11.9 Å². The van der Waals surface area contributed by atoms with Crippen molar-refractivity contribution in [2.75, 3.05) is 23.7 Å². The summed E-state index contributed by atoms with van der Waals surface area (Å²) in [6, 6.07) is 26.5. The number of hydrogen-bond donors (Lipinski definition) is 1. The average molecular weight is 345 g/mol. The maximum absolute atomic E-state index is 8.90. The molecule has 0 aromatic heterocycles. The van der Waals surface area contributed by atoms with Crippen LogP contribution in [0, 0.1) is 11.3 Å². The molecule has 3 rings (SSSR count). The molecular weight excluding hydrogens is 326 g/mol. The molecule has 0 fully saturated rings. The molecule has 0 aliphatic rings. The minimum absolute atomic E-state index is 0.678. The summed E-state index contributed by atoms with van der Waals surface area (Å²) in [5.41, 5.74) is 5.17. The maximum atomic E-state index is 8.90. The molecule has 0 aliphatic carbocycles. The number of benzene rings is 3. The highest BCUT2D eigenvalue weighted by Gasteiger charge is 2.02. The van der Waals surface area contributed by atoms with Crippen molar-refractivity contribution in [3.63, 3.8) is 0 Å². The van der Waals surface area contributed by atoms with Gasteiger partial charge in [-0.2, -0.15) is 5.26 Å². The van der Waals surface area contributed by atoms with Gasteiger partial charge in [0.15, 0.2) is 0 Å². The fraction of sp³-hybridized carbons (Fsp3) is 0.0952. The van der Waals surface area contributed by atoms with E-state index in [9.17, 15) is 0 Å². The van der Waals surface area contributed by atoms with E-state index in [0.29, 0.717) is 5.56 Å². The lowest BCUT2D eigenvalue weighted by atomic mass is 10.0. The second-order valence-corrected chi connectivity index (χ2v) is 6.74. The molecule has 0 unspecified atom stereocenters. The lowest BCUT2D eigenvalue weighted by molar-refractivity contribution is 1.13. The zero-order valence-electron chi connectivity index (χ0n) is 14.2. The predicted octanol–water partition coefficient (Wildman–Crippen LogP) is 5.41. The third kappa shape index (κ3) is 4.34. The molecule has 4 heteroatoms. The first-order chi connectivity index (χ1) is 12.2. The van der Waals surface area contributed by atoms with Crippen molar-refractivity contribution < 1.29 is 0 Å². The van der Waals surface area contributed by atoms with Crippen molar-refractivity contribution >= 4 is 23.3 Å². The zero-order valence-corrected chi connectivity index (χ0v) is 15.0. The Bertz CT molecular complexity index is 878. The summed E-state index contributed by atoms with van der Waals surface area (Å²) >= 11 is 1.59. The number of nitrogens with one attached hydrogen (secondary N) is 1. The minimum atomic E-state index is 0.678. The van der Waals surface area contributed by atoms with Crippen LogP contribution in [0.3, 0.4) is 0 Å². The molecule has 0 radical (unpaired) electrons. The Morgan fingerprint density at radius 1 is 0.880 bits per heavy atom. The van der Waals surface area contributed by atoms with Gasteiger partial charge in [-0.25, -0.2) is 0 Å². The number of anilines is 2. The van der Waals surface area contributed by atoms with Gasteiger partial charge in [-0.3, -0.25) is 0 Å². The van der Waals surface area contributed by atoms with E-state index in [1.807, 2.05) is 44.4 Å². The van der Waals surface area contributed by atoms with Crippen molar-refractivity contribution in [3.05, 3.63) is 78.4 Å². The van der Waals surface area contributed by atoms with Crippen LogP contribution in [0.5, 0.6) is 0 Å². The van der Waals surface area contributed by atoms with E-state index in [0.717, 1.165) is 21.7 Å². The predicted molar refractivity (Wildman–Crippen MR) is 107 cm³/mol. The second-order valence-electron chi connectivity index (χ2n) is 5.86. The summed E-state index contributed by atoms with van der Waals surface area (Å²) < 4.78 is 3.38. The standard InChI is InChI=1S/C21H19N3S/c1-24(2)20-12-10-19(11-13-20)23-25-21-5-3-4-18(14-21)17-8-6-16(15-22)7-9-17/h3-14,23H,1-2H3. The van der Waals surface area contributed by atoms with Crippen molar-refractivity contribution in [1.29, 1.82) is 5.26 Å². The van der Waals surface area contributed by atoms with Crippen LogP contribution in [0.25, 0.3) is 11.1 Å². The quantitative estimate of drug-likeness (QED) is 0.628. The molecule has 0 amide bonds. The number of hydrogen-bond acceptors (Lipinski definition) is 4.